The highest BCUT2D eigenvalue weighted by Crippen LogP contribution is 2.26. The van der Waals surface area contributed by atoms with E-state index in [0.717, 1.165) is 32.1 Å². The summed E-state index contributed by atoms with van der Waals surface area (Å²) in [6.07, 6.45) is 10.4. The Hall–Kier alpha value is -2.80. The summed E-state index contributed by atoms with van der Waals surface area (Å²) in [7, 11) is -2.02. The van der Waals surface area contributed by atoms with Crippen LogP contribution >= 0.6 is 11.3 Å². The molecule has 1 aromatic heterocycles. The normalized spacial score (nSPS) is 15.8. The van der Waals surface area contributed by atoms with Crippen LogP contribution in [0, 0.1) is 18.2 Å². The van der Waals surface area contributed by atoms with Gasteiger partial charge in [-0.25, -0.2) is 12.8 Å². The summed E-state index contributed by atoms with van der Waals surface area (Å²) in [5, 5.41) is 0. The standard InChI is InChI=1S/C24H24FN3O3S2/c1-3-15-28-21-14-11-18(25)16-22(21)32-24(28)26-23(29)17-9-12-20(13-10-17)33(30,31)27(2)19-7-5-4-6-8-19/h1,9-14,16,19H,4-8,15H2,2H3. The van der Waals surface area contributed by atoms with Gasteiger partial charge in [-0.3, -0.25) is 4.79 Å². The zero-order chi connectivity index (χ0) is 23.6. The van der Waals surface area contributed by atoms with Crippen LogP contribution in [-0.2, 0) is 16.6 Å². The average Bonchev–Trinajstić information content (AvgIpc) is 3.15. The number of amides is 1. The second-order valence-electron chi connectivity index (χ2n) is 8.04. The maximum absolute atomic E-state index is 13.6. The van der Waals surface area contributed by atoms with Gasteiger partial charge in [-0.1, -0.05) is 36.5 Å². The van der Waals surface area contributed by atoms with Crippen molar-refractivity contribution in [3.63, 3.8) is 0 Å². The first-order valence-electron chi connectivity index (χ1n) is 10.7. The summed E-state index contributed by atoms with van der Waals surface area (Å²) in [5.41, 5.74) is 0.947. The first kappa shape index (κ1) is 23.4. The van der Waals surface area contributed by atoms with E-state index >= 15 is 0 Å². The number of carbonyl (C=O) groups excluding carboxylic acids is 1. The molecule has 1 amide bonds. The smallest absolute Gasteiger partial charge is 0.279 e. The van der Waals surface area contributed by atoms with Gasteiger partial charge in [-0.05, 0) is 55.3 Å². The van der Waals surface area contributed by atoms with Crippen LogP contribution in [0.5, 0.6) is 0 Å². The number of hydrogen-bond acceptors (Lipinski definition) is 4. The Morgan fingerprint density at radius 1 is 1.21 bits per heavy atom. The molecule has 1 saturated carbocycles. The molecular formula is C24H24FN3O3S2. The van der Waals surface area contributed by atoms with Crippen molar-refractivity contribution >= 4 is 37.5 Å². The van der Waals surface area contributed by atoms with Crippen molar-refractivity contribution < 1.29 is 17.6 Å². The minimum Gasteiger partial charge on any atom is -0.305 e. The lowest BCUT2D eigenvalue weighted by Gasteiger charge is -2.30. The van der Waals surface area contributed by atoms with E-state index in [4.69, 9.17) is 6.42 Å². The van der Waals surface area contributed by atoms with Gasteiger partial charge in [0.2, 0.25) is 10.0 Å². The molecule has 6 nitrogen and oxygen atoms in total. The molecule has 1 aliphatic rings. The molecule has 0 atom stereocenters. The van der Waals surface area contributed by atoms with E-state index < -0.39 is 15.9 Å². The fourth-order valence-corrected chi connectivity index (χ4v) is 6.57. The number of halogens is 1. The Kier molecular flexibility index (Phi) is 6.79. The van der Waals surface area contributed by atoms with Crippen LogP contribution in [0.4, 0.5) is 4.39 Å². The van der Waals surface area contributed by atoms with E-state index in [1.807, 2.05) is 0 Å². The summed E-state index contributed by atoms with van der Waals surface area (Å²) in [4.78, 5) is 17.5. The van der Waals surface area contributed by atoms with Crippen molar-refractivity contribution in [1.29, 1.82) is 0 Å². The third-order valence-electron chi connectivity index (χ3n) is 5.96. The van der Waals surface area contributed by atoms with Gasteiger partial charge in [0, 0.05) is 18.7 Å². The number of hydrogen-bond donors (Lipinski definition) is 0. The lowest BCUT2D eigenvalue weighted by Crippen LogP contribution is -2.38. The van der Waals surface area contributed by atoms with Gasteiger partial charge in [0.15, 0.2) is 4.80 Å². The Balaban J connectivity index is 1.62. The number of sulfonamides is 1. The molecule has 0 spiro atoms. The van der Waals surface area contributed by atoms with Crippen molar-refractivity contribution in [1.82, 2.24) is 8.87 Å². The number of thiazole rings is 1. The van der Waals surface area contributed by atoms with Gasteiger partial charge < -0.3 is 4.57 Å². The summed E-state index contributed by atoms with van der Waals surface area (Å²) in [6.45, 7) is 0.183. The Bertz CT molecular complexity index is 1390. The Morgan fingerprint density at radius 3 is 2.58 bits per heavy atom. The van der Waals surface area contributed by atoms with Crippen LogP contribution in [0.1, 0.15) is 42.5 Å². The van der Waals surface area contributed by atoms with Gasteiger partial charge in [0.1, 0.15) is 5.82 Å². The van der Waals surface area contributed by atoms with E-state index in [1.165, 1.54) is 52.0 Å². The molecule has 1 heterocycles. The lowest BCUT2D eigenvalue weighted by atomic mass is 9.96. The molecule has 4 rings (SSSR count). The van der Waals surface area contributed by atoms with Gasteiger partial charge in [0.05, 0.1) is 21.7 Å². The van der Waals surface area contributed by atoms with Crippen molar-refractivity contribution in [2.45, 2.75) is 49.6 Å². The van der Waals surface area contributed by atoms with Gasteiger partial charge in [0.25, 0.3) is 5.91 Å². The molecule has 33 heavy (non-hydrogen) atoms. The Labute approximate surface area is 196 Å². The molecule has 1 fully saturated rings. The predicted molar refractivity (Wildman–Crippen MR) is 127 cm³/mol. The molecule has 3 aromatic rings. The molecule has 0 radical (unpaired) electrons. The van der Waals surface area contributed by atoms with Crippen LogP contribution < -0.4 is 4.80 Å². The highest BCUT2D eigenvalue weighted by Gasteiger charge is 2.29. The monoisotopic (exact) mass is 485 g/mol. The molecule has 0 bridgehead atoms. The zero-order valence-electron chi connectivity index (χ0n) is 18.2. The lowest BCUT2D eigenvalue weighted by molar-refractivity contribution is 0.0997. The highest BCUT2D eigenvalue weighted by atomic mass is 32.2. The van der Waals surface area contributed by atoms with E-state index in [2.05, 4.69) is 10.9 Å². The number of nitrogens with zero attached hydrogens (tertiary/aromatic N) is 3. The fourth-order valence-electron chi connectivity index (χ4n) is 4.10. The molecule has 0 unspecified atom stereocenters. The quantitative estimate of drug-likeness (QED) is 0.509. The van der Waals surface area contributed by atoms with Crippen LogP contribution in [-0.4, -0.2) is 36.3 Å². The molecule has 0 aliphatic heterocycles. The van der Waals surface area contributed by atoms with E-state index in [1.54, 1.807) is 17.7 Å². The van der Waals surface area contributed by atoms with E-state index in [9.17, 15) is 17.6 Å². The van der Waals surface area contributed by atoms with Crippen molar-refractivity contribution in [3.8, 4) is 12.3 Å². The second-order valence-corrected chi connectivity index (χ2v) is 11.0. The number of terminal acetylenes is 1. The molecule has 1 aliphatic carbocycles. The Morgan fingerprint density at radius 2 is 1.91 bits per heavy atom. The number of carbonyl (C=O) groups is 1. The van der Waals surface area contributed by atoms with Crippen molar-refractivity contribution in [2.75, 3.05) is 7.05 Å². The van der Waals surface area contributed by atoms with Gasteiger partial charge >= 0.3 is 0 Å². The summed E-state index contributed by atoms with van der Waals surface area (Å²) >= 11 is 1.17. The molecular weight excluding hydrogens is 461 g/mol. The number of benzene rings is 2. The third-order valence-corrected chi connectivity index (χ3v) is 8.92. The first-order chi connectivity index (χ1) is 15.8. The molecule has 0 saturated heterocycles. The maximum Gasteiger partial charge on any atom is 0.279 e. The van der Waals surface area contributed by atoms with Gasteiger partial charge in [-0.2, -0.15) is 9.30 Å². The maximum atomic E-state index is 13.6. The molecule has 9 heteroatoms. The van der Waals surface area contributed by atoms with Crippen LogP contribution in [0.15, 0.2) is 52.4 Å². The van der Waals surface area contributed by atoms with Gasteiger partial charge in [-0.15, -0.1) is 6.42 Å². The van der Waals surface area contributed by atoms with E-state index in [-0.39, 0.29) is 28.9 Å². The summed E-state index contributed by atoms with van der Waals surface area (Å²) in [5.74, 6) is 1.61. The largest absolute Gasteiger partial charge is 0.305 e. The van der Waals surface area contributed by atoms with E-state index in [0.29, 0.717) is 15.0 Å². The second kappa shape index (κ2) is 9.59. The number of rotatable bonds is 5. The minimum atomic E-state index is -3.64. The van der Waals surface area contributed by atoms with Crippen molar-refractivity contribution in [3.05, 3.63) is 58.6 Å². The molecule has 172 valence electrons. The third kappa shape index (κ3) is 4.78. The fraction of sp³-hybridized carbons (Fsp3) is 0.333. The number of aromatic nitrogens is 1. The highest BCUT2D eigenvalue weighted by molar-refractivity contribution is 7.89. The average molecular weight is 486 g/mol. The zero-order valence-corrected chi connectivity index (χ0v) is 19.8. The van der Waals surface area contributed by atoms with Crippen LogP contribution in [0.3, 0.4) is 0 Å². The summed E-state index contributed by atoms with van der Waals surface area (Å²) in [6, 6.07) is 10.1. The predicted octanol–water partition coefficient (Wildman–Crippen LogP) is 4.17. The topological polar surface area (TPSA) is 71.7 Å². The number of fused-ring (bicyclic) bond motifs is 1. The summed E-state index contributed by atoms with van der Waals surface area (Å²) < 4.78 is 43.4. The van der Waals surface area contributed by atoms with Crippen LogP contribution in [0.25, 0.3) is 10.2 Å². The van der Waals surface area contributed by atoms with Crippen LogP contribution in [0.2, 0.25) is 0 Å². The minimum absolute atomic E-state index is 0.00413. The molecule has 2 aromatic carbocycles. The molecule has 0 N–H and O–H groups in total. The first-order valence-corrected chi connectivity index (χ1v) is 13.0. The van der Waals surface area contributed by atoms with Crippen molar-refractivity contribution in [2.24, 2.45) is 4.99 Å². The SMILES string of the molecule is C#CCn1c(=NC(=O)c2ccc(S(=O)(=O)N(C)C3CCCCC3)cc2)sc2cc(F)ccc21.